The summed E-state index contributed by atoms with van der Waals surface area (Å²) in [7, 11) is 0. The van der Waals surface area contributed by atoms with Crippen molar-refractivity contribution in [3.05, 3.63) is 24.5 Å². The SMILES string of the molecule is CC(CCO)Sc1ncnc2cc(N)ccc12. The van der Waals surface area contributed by atoms with Crippen molar-refractivity contribution >= 4 is 28.4 Å². The van der Waals surface area contributed by atoms with Crippen LogP contribution in [0.2, 0.25) is 0 Å². The molecule has 0 saturated carbocycles. The predicted molar refractivity (Wildman–Crippen MR) is 71.0 cm³/mol. The molecule has 1 aromatic carbocycles. The van der Waals surface area contributed by atoms with Crippen LogP contribution < -0.4 is 5.73 Å². The molecule has 0 bridgehead atoms. The van der Waals surface area contributed by atoms with E-state index in [9.17, 15) is 0 Å². The second-order valence-corrected chi connectivity index (χ2v) is 5.32. The summed E-state index contributed by atoms with van der Waals surface area (Å²) in [5.41, 5.74) is 7.29. The molecule has 5 heteroatoms. The van der Waals surface area contributed by atoms with E-state index in [1.807, 2.05) is 18.2 Å². The van der Waals surface area contributed by atoms with Gasteiger partial charge in [-0.05, 0) is 24.6 Å². The Bertz CT molecular complexity index is 518. The van der Waals surface area contributed by atoms with Crippen LogP contribution in [0.5, 0.6) is 0 Å². The number of aliphatic hydroxyl groups is 1. The van der Waals surface area contributed by atoms with Crippen molar-refractivity contribution in [3.8, 4) is 0 Å². The lowest BCUT2D eigenvalue weighted by molar-refractivity contribution is 0.289. The van der Waals surface area contributed by atoms with E-state index in [0.717, 1.165) is 22.3 Å². The molecular formula is C12H15N3OS. The van der Waals surface area contributed by atoms with Crippen molar-refractivity contribution in [3.63, 3.8) is 0 Å². The summed E-state index contributed by atoms with van der Waals surface area (Å²) in [6, 6.07) is 5.64. The fourth-order valence-corrected chi connectivity index (χ4v) is 2.59. The summed E-state index contributed by atoms with van der Waals surface area (Å²) in [4.78, 5) is 8.49. The van der Waals surface area contributed by atoms with E-state index in [1.165, 1.54) is 0 Å². The number of aliphatic hydroxyl groups excluding tert-OH is 1. The molecule has 0 aliphatic rings. The minimum absolute atomic E-state index is 0.199. The van der Waals surface area contributed by atoms with Crippen LogP contribution in [0.4, 0.5) is 5.69 Å². The molecule has 3 N–H and O–H groups in total. The van der Waals surface area contributed by atoms with Gasteiger partial charge < -0.3 is 10.8 Å². The maximum absolute atomic E-state index is 8.90. The molecule has 0 spiro atoms. The predicted octanol–water partition coefficient (Wildman–Crippen LogP) is 2.07. The third-order valence-electron chi connectivity index (χ3n) is 2.47. The van der Waals surface area contributed by atoms with Gasteiger partial charge in [-0.2, -0.15) is 0 Å². The first-order valence-corrected chi connectivity index (χ1v) is 6.36. The summed E-state index contributed by atoms with van der Waals surface area (Å²) in [5, 5.41) is 11.2. The third-order valence-corrected chi connectivity index (χ3v) is 3.66. The molecule has 0 amide bonds. The number of fused-ring (bicyclic) bond motifs is 1. The highest BCUT2D eigenvalue weighted by molar-refractivity contribution is 8.00. The Morgan fingerprint density at radius 2 is 2.24 bits per heavy atom. The number of nitrogen functional groups attached to an aromatic ring is 1. The van der Waals surface area contributed by atoms with Gasteiger partial charge in [0.1, 0.15) is 11.4 Å². The van der Waals surface area contributed by atoms with E-state index in [4.69, 9.17) is 10.8 Å². The highest BCUT2D eigenvalue weighted by atomic mass is 32.2. The highest BCUT2D eigenvalue weighted by Gasteiger charge is 2.09. The number of nitrogens with zero attached hydrogens (tertiary/aromatic N) is 2. The molecule has 0 aliphatic carbocycles. The molecule has 17 heavy (non-hydrogen) atoms. The normalized spacial score (nSPS) is 12.8. The van der Waals surface area contributed by atoms with Gasteiger partial charge in [-0.1, -0.05) is 6.92 Å². The van der Waals surface area contributed by atoms with E-state index in [2.05, 4.69) is 16.9 Å². The first-order valence-electron chi connectivity index (χ1n) is 5.48. The van der Waals surface area contributed by atoms with Crippen LogP contribution in [-0.2, 0) is 0 Å². The monoisotopic (exact) mass is 249 g/mol. The molecule has 1 heterocycles. The maximum atomic E-state index is 8.90. The lowest BCUT2D eigenvalue weighted by Gasteiger charge is -2.10. The second-order valence-electron chi connectivity index (χ2n) is 3.90. The van der Waals surface area contributed by atoms with Crippen LogP contribution in [-0.4, -0.2) is 26.9 Å². The van der Waals surface area contributed by atoms with Crippen molar-refractivity contribution in [1.29, 1.82) is 0 Å². The molecule has 0 aliphatic heterocycles. The zero-order chi connectivity index (χ0) is 12.3. The molecule has 0 radical (unpaired) electrons. The number of thioether (sulfide) groups is 1. The summed E-state index contributed by atoms with van der Waals surface area (Å²) in [5.74, 6) is 0. The van der Waals surface area contributed by atoms with Crippen molar-refractivity contribution < 1.29 is 5.11 Å². The van der Waals surface area contributed by atoms with Crippen LogP contribution in [0.3, 0.4) is 0 Å². The molecule has 1 aromatic heterocycles. The van der Waals surface area contributed by atoms with Crippen LogP contribution in [0.1, 0.15) is 13.3 Å². The fraction of sp³-hybridized carbons (Fsp3) is 0.333. The van der Waals surface area contributed by atoms with E-state index < -0.39 is 0 Å². The van der Waals surface area contributed by atoms with E-state index in [-0.39, 0.29) is 6.61 Å². The van der Waals surface area contributed by atoms with Gasteiger partial charge in [0.05, 0.1) is 5.52 Å². The highest BCUT2D eigenvalue weighted by Crippen LogP contribution is 2.29. The quantitative estimate of drug-likeness (QED) is 0.493. The molecule has 1 atom stereocenters. The van der Waals surface area contributed by atoms with Gasteiger partial charge in [0.25, 0.3) is 0 Å². The average molecular weight is 249 g/mol. The molecule has 0 saturated heterocycles. The number of rotatable bonds is 4. The summed E-state index contributed by atoms with van der Waals surface area (Å²) >= 11 is 1.65. The standard InChI is InChI=1S/C12H15N3OS/c1-8(4-5-16)17-12-10-3-2-9(13)6-11(10)14-7-15-12/h2-3,6-8,16H,4-5,13H2,1H3. The molecule has 2 rings (SSSR count). The number of hydrogen-bond donors (Lipinski definition) is 2. The number of hydrogen-bond acceptors (Lipinski definition) is 5. The van der Waals surface area contributed by atoms with Crippen LogP contribution in [0, 0.1) is 0 Å². The fourth-order valence-electron chi connectivity index (χ4n) is 1.57. The molecule has 0 fully saturated rings. The van der Waals surface area contributed by atoms with Gasteiger partial charge in [-0.15, -0.1) is 11.8 Å². The van der Waals surface area contributed by atoms with Gasteiger partial charge >= 0.3 is 0 Å². The second kappa shape index (κ2) is 5.33. The minimum Gasteiger partial charge on any atom is -0.399 e. The van der Waals surface area contributed by atoms with Gasteiger partial charge in [0.2, 0.25) is 0 Å². The van der Waals surface area contributed by atoms with E-state index >= 15 is 0 Å². The zero-order valence-electron chi connectivity index (χ0n) is 9.63. The van der Waals surface area contributed by atoms with Crippen LogP contribution in [0.15, 0.2) is 29.6 Å². The molecule has 4 nitrogen and oxygen atoms in total. The van der Waals surface area contributed by atoms with Gasteiger partial charge in [0.15, 0.2) is 0 Å². The third kappa shape index (κ3) is 2.87. The van der Waals surface area contributed by atoms with Crippen molar-refractivity contribution in [2.24, 2.45) is 0 Å². The molecule has 2 aromatic rings. The Kier molecular flexibility index (Phi) is 3.81. The summed E-state index contributed by atoms with van der Waals surface area (Å²) < 4.78 is 0. The number of nitrogens with two attached hydrogens (primary N) is 1. The van der Waals surface area contributed by atoms with Gasteiger partial charge in [0, 0.05) is 22.9 Å². The lowest BCUT2D eigenvalue weighted by atomic mass is 10.2. The van der Waals surface area contributed by atoms with Crippen LogP contribution >= 0.6 is 11.8 Å². The molecule has 90 valence electrons. The number of benzene rings is 1. The van der Waals surface area contributed by atoms with Crippen molar-refractivity contribution in [2.45, 2.75) is 23.6 Å². The minimum atomic E-state index is 0.199. The number of aromatic nitrogens is 2. The first-order chi connectivity index (χ1) is 8.20. The average Bonchev–Trinajstić information content (AvgIpc) is 2.29. The Morgan fingerprint density at radius 1 is 1.41 bits per heavy atom. The van der Waals surface area contributed by atoms with Gasteiger partial charge in [-0.25, -0.2) is 9.97 Å². The Labute approximate surface area is 104 Å². The first kappa shape index (κ1) is 12.1. The van der Waals surface area contributed by atoms with Crippen molar-refractivity contribution in [1.82, 2.24) is 9.97 Å². The Balaban J connectivity index is 2.34. The Morgan fingerprint density at radius 3 is 3.00 bits per heavy atom. The number of anilines is 1. The zero-order valence-corrected chi connectivity index (χ0v) is 10.4. The smallest absolute Gasteiger partial charge is 0.117 e. The molecular weight excluding hydrogens is 234 g/mol. The molecule has 1 unspecified atom stereocenters. The largest absolute Gasteiger partial charge is 0.399 e. The maximum Gasteiger partial charge on any atom is 0.117 e. The van der Waals surface area contributed by atoms with Crippen molar-refractivity contribution in [2.75, 3.05) is 12.3 Å². The van der Waals surface area contributed by atoms with Crippen LogP contribution in [0.25, 0.3) is 10.9 Å². The van der Waals surface area contributed by atoms with E-state index in [0.29, 0.717) is 10.9 Å². The topological polar surface area (TPSA) is 72.0 Å². The van der Waals surface area contributed by atoms with E-state index in [1.54, 1.807) is 18.1 Å². The van der Waals surface area contributed by atoms with Gasteiger partial charge in [-0.3, -0.25) is 0 Å². The summed E-state index contributed by atoms with van der Waals surface area (Å²) in [6.07, 6.45) is 2.31. The summed E-state index contributed by atoms with van der Waals surface area (Å²) in [6.45, 7) is 2.27. The Hall–Kier alpha value is -1.33. The lowest BCUT2D eigenvalue weighted by Crippen LogP contribution is -2.00.